The van der Waals surface area contributed by atoms with Gasteiger partial charge in [-0.25, -0.2) is 4.58 Å². The predicted molar refractivity (Wildman–Crippen MR) is 50.3 cm³/mol. The lowest BCUT2D eigenvalue weighted by Gasteiger charge is -2.11. The van der Waals surface area contributed by atoms with E-state index in [0.29, 0.717) is 13.2 Å². The molecule has 0 radical (unpaired) electrons. The van der Waals surface area contributed by atoms with Crippen molar-refractivity contribution in [1.82, 2.24) is 4.58 Å². The van der Waals surface area contributed by atoms with Gasteiger partial charge in [-0.3, -0.25) is 0 Å². The highest BCUT2D eigenvalue weighted by Crippen LogP contribution is 2.36. The number of ether oxygens (including phenoxy) is 2. The first kappa shape index (κ1) is 8.07. The molecule has 5 heteroatoms. The van der Waals surface area contributed by atoms with Gasteiger partial charge in [0, 0.05) is 0 Å². The van der Waals surface area contributed by atoms with Crippen LogP contribution in [0.3, 0.4) is 0 Å². The van der Waals surface area contributed by atoms with Gasteiger partial charge in [-0.15, -0.1) is 0 Å². The molecular weight excluding hydrogens is 194 g/mol. The quantitative estimate of drug-likeness (QED) is 0.578. The largest absolute Gasteiger partial charge is 0.477 e. The monoisotopic (exact) mass is 204 g/mol. The maximum Gasteiger partial charge on any atom is 0.320 e. The molecule has 1 aliphatic heterocycles. The normalized spacial score (nSPS) is 14.5. The summed E-state index contributed by atoms with van der Waals surface area (Å²) in [7, 11) is 4.04. The second-order valence-electron chi connectivity index (χ2n) is 2.64. The van der Waals surface area contributed by atoms with Crippen molar-refractivity contribution < 1.29 is 9.47 Å². The van der Waals surface area contributed by atoms with Gasteiger partial charge in [-0.05, 0) is 22.7 Å². The molecule has 2 rings (SSSR count). The fourth-order valence-electron chi connectivity index (χ4n) is 0.891. The van der Waals surface area contributed by atoms with Crippen LogP contribution in [-0.2, 0) is 0 Å². The highest BCUT2D eigenvalue weighted by Gasteiger charge is 2.17. The Morgan fingerprint density at radius 1 is 1.08 bits per heavy atom. The maximum atomic E-state index is 5.43. The van der Waals surface area contributed by atoms with Crippen molar-refractivity contribution in [2.75, 3.05) is 27.3 Å². The molecule has 0 bridgehead atoms. The molecule has 1 aliphatic rings. The fourth-order valence-corrected chi connectivity index (χ4v) is 3.01. The molecule has 66 valence electrons. The predicted octanol–water partition coefficient (Wildman–Crippen LogP) is 0.613. The van der Waals surface area contributed by atoms with Crippen LogP contribution >= 0.6 is 22.7 Å². The van der Waals surface area contributed by atoms with Gasteiger partial charge < -0.3 is 9.47 Å². The van der Waals surface area contributed by atoms with E-state index in [9.17, 15) is 0 Å². The molecule has 3 nitrogen and oxygen atoms in total. The van der Waals surface area contributed by atoms with E-state index in [1.165, 1.54) is 3.98 Å². The maximum absolute atomic E-state index is 5.43. The van der Waals surface area contributed by atoms with Crippen LogP contribution in [-0.4, -0.2) is 27.3 Å². The molecule has 0 saturated carbocycles. The van der Waals surface area contributed by atoms with E-state index in [-0.39, 0.29) is 0 Å². The summed E-state index contributed by atoms with van der Waals surface area (Å²) in [5, 5.41) is 1.85. The van der Waals surface area contributed by atoms with E-state index >= 15 is 0 Å². The van der Waals surface area contributed by atoms with Gasteiger partial charge in [0.2, 0.25) is 10.1 Å². The summed E-state index contributed by atoms with van der Waals surface area (Å²) in [5.41, 5.74) is 0. The third-order valence-corrected chi connectivity index (χ3v) is 4.13. The number of hydrogen-bond acceptors (Lipinski definition) is 4. The van der Waals surface area contributed by atoms with Crippen LogP contribution < -0.4 is 18.0 Å². The smallest absolute Gasteiger partial charge is 0.320 e. The van der Waals surface area contributed by atoms with Gasteiger partial charge in [-0.1, -0.05) is 0 Å². The first-order valence-electron chi connectivity index (χ1n) is 3.67. The third-order valence-electron chi connectivity index (χ3n) is 1.44. The average molecular weight is 204 g/mol. The minimum Gasteiger partial charge on any atom is -0.477 e. The number of fused-ring (bicyclic) bond motifs is 1. The van der Waals surface area contributed by atoms with Gasteiger partial charge in [0.05, 0.1) is 0 Å². The second-order valence-corrected chi connectivity index (χ2v) is 4.82. The summed E-state index contributed by atoms with van der Waals surface area (Å²) in [6.07, 6.45) is 0. The van der Waals surface area contributed by atoms with Crippen LogP contribution in [0.4, 0.5) is 0 Å². The van der Waals surface area contributed by atoms with Crippen LogP contribution in [0.5, 0.6) is 10.1 Å². The molecule has 0 aromatic carbocycles. The summed E-state index contributed by atoms with van der Waals surface area (Å²) in [5.74, 6) is 0. The molecule has 0 spiro atoms. The Balaban J connectivity index is 2.52. The van der Waals surface area contributed by atoms with Crippen LogP contribution in [0.1, 0.15) is 0 Å². The van der Waals surface area contributed by atoms with Gasteiger partial charge in [0.1, 0.15) is 27.3 Å². The highest BCUT2D eigenvalue weighted by atomic mass is 32.2. The van der Waals surface area contributed by atoms with Crippen molar-refractivity contribution in [2.45, 2.75) is 0 Å². The first-order chi connectivity index (χ1) is 5.77. The van der Waals surface area contributed by atoms with E-state index in [1.807, 2.05) is 14.1 Å². The Morgan fingerprint density at radius 3 is 2.00 bits per heavy atom. The molecule has 0 aliphatic carbocycles. The minimum atomic E-state index is 0.674. The first-order valence-corrected chi connectivity index (χ1v) is 5.30. The van der Waals surface area contributed by atoms with Crippen molar-refractivity contribution in [3.8, 4) is 10.1 Å². The average Bonchev–Trinajstić information content (AvgIpc) is 2.46. The van der Waals surface area contributed by atoms with E-state index in [0.717, 1.165) is 10.1 Å². The molecule has 0 N–H and O–H groups in total. The van der Waals surface area contributed by atoms with Crippen molar-refractivity contribution >= 4 is 22.7 Å². The van der Waals surface area contributed by atoms with Gasteiger partial charge in [-0.2, -0.15) is 0 Å². The number of hydrogen-bond donors (Lipinski definition) is 0. The molecule has 1 aromatic heterocycles. The third kappa shape index (κ3) is 1.34. The topological polar surface area (TPSA) is 21.5 Å². The summed E-state index contributed by atoms with van der Waals surface area (Å²) < 4.78 is 14.1. The zero-order chi connectivity index (χ0) is 8.55. The Labute approximate surface area is 78.5 Å². The number of nitrogens with zero attached hydrogens (tertiary/aromatic N) is 1. The van der Waals surface area contributed by atoms with Crippen molar-refractivity contribution in [1.29, 1.82) is 0 Å². The molecule has 0 unspecified atom stereocenters. The van der Waals surface area contributed by atoms with Crippen molar-refractivity contribution in [2.24, 2.45) is 0 Å². The summed E-state index contributed by atoms with van der Waals surface area (Å²) >= 11 is 3.28. The van der Waals surface area contributed by atoms with Crippen LogP contribution in [0.25, 0.3) is 0 Å². The molecule has 0 atom stereocenters. The lowest BCUT2D eigenvalue weighted by molar-refractivity contribution is 0.183. The molecule has 12 heavy (non-hydrogen) atoms. The minimum absolute atomic E-state index is 0.674. The Kier molecular flexibility index (Phi) is 2.06. The van der Waals surface area contributed by atoms with Crippen LogP contribution in [0.15, 0.2) is 0 Å². The Hall–Kier alpha value is -0.550. The molecule has 1 aromatic rings. The second kappa shape index (κ2) is 3.06. The number of rotatable bonds is 0. The Bertz CT molecular complexity index is 322. The van der Waals surface area contributed by atoms with Crippen molar-refractivity contribution in [3.63, 3.8) is 0 Å². The lowest BCUT2D eigenvalue weighted by atomic mass is 10.7. The van der Waals surface area contributed by atoms with Crippen molar-refractivity contribution in [3.05, 3.63) is 3.98 Å². The Morgan fingerprint density at radius 2 is 1.58 bits per heavy atom. The zero-order valence-corrected chi connectivity index (χ0v) is 8.63. The highest BCUT2D eigenvalue weighted by molar-refractivity contribution is 7.29. The zero-order valence-electron chi connectivity index (χ0n) is 6.99. The van der Waals surface area contributed by atoms with Gasteiger partial charge in [0.15, 0.2) is 0 Å². The van der Waals surface area contributed by atoms with E-state index in [1.54, 1.807) is 22.7 Å². The van der Waals surface area contributed by atoms with Gasteiger partial charge >= 0.3 is 3.98 Å². The molecular formula is C7H10NO2S2+. The summed E-state index contributed by atoms with van der Waals surface area (Å²) in [6.45, 7) is 1.35. The molecule has 0 saturated heterocycles. The molecule has 0 amide bonds. The van der Waals surface area contributed by atoms with E-state index < -0.39 is 0 Å². The summed E-state index contributed by atoms with van der Waals surface area (Å²) in [6, 6.07) is 0. The standard InChI is InChI=1S/C7H10NO2S2/c1-8(2)7-11-5-6(12-7)10-4-3-9-5/h3-4H2,1-2H3/q+1. The SMILES string of the molecule is C[N+](C)=c1sc2c(s1)OCCO2. The van der Waals surface area contributed by atoms with E-state index in [4.69, 9.17) is 9.47 Å². The van der Waals surface area contributed by atoms with E-state index in [2.05, 4.69) is 4.58 Å². The summed E-state index contributed by atoms with van der Waals surface area (Å²) in [4.78, 5) is 0. The van der Waals surface area contributed by atoms with Crippen LogP contribution in [0.2, 0.25) is 0 Å². The lowest BCUT2D eigenvalue weighted by Crippen LogP contribution is -2.14. The van der Waals surface area contributed by atoms with Crippen LogP contribution in [0, 0.1) is 0 Å². The molecule has 0 fully saturated rings. The van der Waals surface area contributed by atoms with Gasteiger partial charge in [0.25, 0.3) is 0 Å². The fraction of sp³-hybridized carbons (Fsp3) is 0.571. The molecule has 2 heterocycles.